The van der Waals surface area contributed by atoms with Gasteiger partial charge in [0.25, 0.3) is 0 Å². The molecule has 6 nitrogen and oxygen atoms in total. The summed E-state index contributed by atoms with van der Waals surface area (Å²) in [6, 6.07) is 5.20. The van der Waals surface area contributed by atoms with Gasteiger partial charge in [0.2, 0.25) is 0 Å². The highest BCUT2D eigenvalue weighted by molar-refractivity contribution is 5.93. The molecule has 0 atom stereocenters. The van der Waals surface area contributed by atoms with Gasteiger partial charge in [-0.25, -0.2) is 14.4 Å². The highest BCUT2D eigenvalue weighted by atomic mass is 16.6. The molecule has 6 heteroatoms. The molecule has 144 valence electrons. The van der Waals surface area contributed by atoms with Crippen molar-refractivity contribution in [3.63, 3.8) is 0 Å². The van der Waals surface area contributed by atoms with Crippen LogP contribution >= 0.6 is 0 Å². The van der Waals surface area contributed by atoms with E-state index < -0.39 is 17.5 Å². The summed E-state index contributed by atoms with van der Waals surface area (Å²) in [7, 11) is 0. The van der Waals surface area contributed by atoms with E-state index in [0.717, 1.165) is 6.07 Å². The summed E-state index contributed by atoms with van der Waals surface area (Å²) >= 11 is 0. The fraction of sp³-hybridized carbons (Fsp3) is 0.450. The van der Waals surface area contributed by atoms with Crippen LogP contribution in [0.1, 0.15) is 69.2 Å². The van der Waals surface area contributed by atoms with E-state index in [4.69, 9.17) is 14.9 Å². The summed E-state index contributed by atoms with van der Waals surface area (Å²) in [6.45, 7) is 13.6. The van der Waals surface area contributed by atoms with Crippen LogP contribution in [-0.2, 0) is 9.53 Å². The van der Waals surface area contributed by atoms with Crippen LogP contribution in [0.3, 0.4) is 0 Å². The number of allylic oxidation sites excluding steroid dienone is 1. The third-order valence-corrected chi connectivity index (χ3v) is 2.73. The molecule has 1 aromatic rings. The Kier molecular flexibility index (Phi) is 8.25. The lowest BCUT2D eigenvalue weighted by Gasteiger charge is -2.21. The average Bonchev–Trinajstić information content (AvgIpc) is 2.44. The molecule has 0 amide bonds. The van der Waals surface area contributed by atoms with Crippen LogP contribution in [0.5, 0.6) is 0 Å². The maximum atomic E-state index is 11.5. The van der Waals surface area contributed by atoms with Crippen LogP contribution in [0.2, 0.25) is 0 Å². The van der Waals surface area contributed by atoms with Gasteiger partial charge in [0.1, 0.15) is 5.60 Å². The lowest BCUT2D eigenvalue weighted by molar-refractivity contribution is -0.149. The predicted molar refractivity (Wildman–Crippen MR) is 99.4 cm³/mol. The van der Waals surface area contributed by atoms with Crippen molar-refractivity contribution in [3.8, 4) is 0 Å². The van der Waals surface area contributed by atoms with E-state index in [1.54, 1.807) is 6.92 Å². The third-order valence-electron chi connectivity index (χ3n) is 2.73. The molecular weight excluding hydrogens is 336 g/mol. The van der Waals surface area contributed by atoms with Crippen molar-refractivity contribution >= 4 is 17.9 Å². The van der Waals surface area contributed by atoms with Crippen molar-refractivity contribution in [2.45, 2.75) is 54.1 Å². The number of rotatable bonds is 3. The molecule has 0 spiro atoms. The summed E-state index contributed by atoms with van der Waals surface area (Å²) in [5, 5.41) is 17.0. The van der Waals surface area contributed by atoms with E-state index in [1.165, 1.54) is 18.2 Å². The van der Waals surface area contributed by atoms with Gasteiger partial charge in [0.15, 0.2) is 0 Å². The molecular formula is C20H28O6. The summed E-state index contributed by atoms with van der Waals surface area (Å²) in [5.74, 6) is -2.48. The van der Waals surface area contributed by atoms with Crippen LogP contribution in [0, 0.1) is 5.41 Å². The zero-order chi connectivity index (χ0) is 20.7. The van der Waals surface area contributed by atoms with Gasteiger partial charge in [-0.3, -0.25) is 0 Å². The monoisotopic (exact) mass is 364 g/mol. The topological polar surface area (TPSA) is 101 Å². The molecule has 1 aromatic carbocycles. The Balaban J connectivity index is 0.000000485. The van der Waals surface area contributed by atoms with Gasteiger partial charge >= 0.3 is 17.9 Å². The lowest BCUT2D eigenvalue weighted by Crippen LogP contribution is -2.24. The van der Waals surface area contributed by atoms with E-state index in [1.807, 2.05) is 26.8 Å². The normalized spacial score (nSPS) is 11.9. The van der Waals surface area contributed by atoms with Crippen LogP contribution in [0.25, 0.3) is 0 Å². The van der Waals surface area contributed by atoms with Crippen LogP contribution in [0.15, 0.2) is 35.9 Å². The smallest absolute Gasteiger partial charge is 0.335 e. The third kappa shape index (κ3) is 10.3. The summed E-state index contributed by atoms with van der Waals surface area (Å²) in [5.41, 5.74) is 0.239. The molecule has 0 bridgehead atoms. The molecule has 0 saturated carbocycles. The lowest BCUT2D eigenvalue weighted by atomic mass is 9.94. The SMILES string of the molecule is CC(=CC(C)(C)C)C(=O)OC(C)(C)C.O=C(O)c1cccc(C(=O)O)c1. The second kappa shape index (κ2) is 9.17. The Labute approximate surface area is 154 Å². The zero-order valence-electron chi connectivity index (χ0n) is 16.4. The molecule has 26 heavy (non-hydrogen) atoms. The highest BCUT2D eigenvalue weighted by Crippen LogP contribution is 2.19. The van der Waals surface area contributed by atoms with Gasteiger partial charge in [-0.1, -0.05) is 32.9 Å². The maximum absolute atomic E-state index is 11.5. The molecule has 0 heterocycles. The van der Waals surface area contributed by atoms with E-state index in [2.05, 4.69) is 20.8 Å². The van der Waals surface area contributed by atoms with Crippen molar-refractivity contribution in [3.05, 3.63) is 47.0 Å². The minimum absolute atomic E-state index is 0.0149. The first-order valence-electron chi connectivity index (χ1n) is 8.12. The van der Waals surface area contributed by atoms with Gasteiger partial charge in [0.05, 0.1) is 11.1 Å². The van der Waals surface area contributed by atoms with Crippen LogP contribution in [-0.4, -0.2) is 33.7 Å². The van der Waals surface area contributed by atoms with Crippen molar-refractivity contribution in [1.29, 1.82) is 0 Å². The molecule has 1 rings (SSSR count). The van der Waals surface area contributed by atoms with Gasteiger partial charge in [-0.2, -0.15) is 0 Å². The first kappa shape index (κ1) is 23.4. The molecule has 0 unspecified atom stereocenters. The van der Waals surface area contributed by atoms with Crippen molar-refractivity contribution in [2.24, 2.45) is 5.41 Å². The van der Waals surface area contributed by atoms with Gasteiger partial charge in [-0.15, -0.1) is 0 Å². The second-order valence-electron chi connectivity index (χ2n) is 7.89. The molecule has 0 aliphatic rings. The van der Waals surface area contributed by atoms with E-state index in [9.17, 15) is 14.4 Å². The number of benzene rings is 1. The molecule has 0 fully saturated rings. The Morgan fingerprint density at radius 1 is 0.923 bits per heavy atom. The second-order valence-corrected chi connectivity index (χ2v) is 7.89. The Morgan fingerprint density at radius 2 is 1.35 bits per heavy atom. The minimum atomic E-state index is -1.13. The molecule has 0 saturated heterocycles. The number of carbonyl (C=O) groups is 3. The zero-order valence-corrected chi connectivity index (χ0v) is 16.4. The first-order valence-corrected chi connectivity index (χ1v) is 8.12. The molecule has 0 aliphatic heterocycles. The van der Waals surface area contributed by atoms with Gasteiger partial charge < -0.3 is 14.9 Å². The Hall–Kier alpha value is -2.63. The molecule has 0 aromatic heterocycles. The number of aromatic carboxylic acids is 2. The summed E-state index contributed by atoms with van der Waals surface area (Å²) < 4.78 is 5.24. The Bertz CT molecular complexity index is 658. The summed E-state index contributed by atoms with van der Waals surface area (Å²) in [6.07, 6.45) is 1.93. The standard InChI is InChI=1S/C12H22O2.C8H6O4/c1-9(8-11(2,3)4)10(13)14-12(5,6)7;9-7(10)5-2-1-3-6(4-5)8(11)12/h8H,1-7H3;1-4H,(H,9,10)(H,11,12). The van der Waals surface area contributed by atoms with E-state index in [0.29, 0.717) is 5.57 Å². The van der Waals surface area contributed by atoms with E-state index >= 15 is 0 Å². The van der Waals surface area contributed by atoms with E-state index in [-0.39, 0.29) is 22.5 Å². The highest BCUT2D eigenvalue weighted by Gasteiger charge is 2.18. The van der Waals surface area contributed by atoms with Crippen LogP contribution < -0.4 is 0 Å². The average molecular weight is 364 g/mol. The molecule has 2 N–H and O–H groups in total. The number of carboxylic acids is 2. The molecule has 0 aliphatic carbocycles. The number of ether oxygens (including phenoxy) is 1. The fourth-order valence-corrected chi connectivity index (χ4v) is 1.85. The van der Waals surface area contributed by atoms with Crippen molar-refractivity contribution in [1.82, 2.24) is 0 Å². The Morgan fingerprint density at radius 3 is 1.65 bits per heavy atom. The largest absolute Gasteiger partial charge is 0.478 e. The maximum Gasteiger partial charge on any atom is 0.335 e. The quantitative estimate of drug-likeness (QED) is 0.609. The number of carbonyl (C=O) groups excluding carboxylic acids is 1. The van der Waals surface area contributed by atoms with Gasteiger partial charge in [0, 0.05) is 5.57 Å². The first-order chi connectivity index (χ1) is 11.6. The predicted octanol–water partition coefficient (Wildman–Crippen LogP) is 4.40. The fourth-order valence-electron chi connectivity index (χ4n) is 1.85. The summed E-state index contributed by atoms with van der Waals surface area (Å²) in [4.78, 5) is 32.3. The minimum Gasteiger partial charge on any atom is -0.478 e. The molecule has 0 radical (unpaired) electrons. The number of hydrogen-bond donors (Lipinski definition) is 2. The number of hydrogen-bond acceptors (Lipinski definition) is 4. The number of esters is 1. The van der Waals surface area contributed by atoms with Crippen molar-refractivity contribution in [2.75, 3.05) is 0 Å². The number of carboxylic acid groups (broad SMARTS) is 2. The van der Waals surface area contributed by atoms with Crippen LogP contribution in [0.4, 0.5) is 0 Å². The van der Waals surface area contributed by atoms with Gasteiger partial charge in [-0.05, 0) is 51.3 Å². The van der Waals surface area contributed by atoms with Crippen molar-refractivity contribution < 1.29 is 29.3 Å².